The summed E-state index contributed by atoms with van der Waals surface area (Å²) in [6, 6.07) is 0. The molecule has 0 bridgehead atoms. The van der Waals surface area contributed by atoms with Crippen LogP contribution in [0.1, 0.15) is 16.1 Å². The lowest BCUT2D eigenvalue weighted by Gasteiger charge is -2.32. The zero-order chi connectivity index (χ0) is 17.3. The van der Waals surface area contributed by atoms with E-state index >= 15 is 0 Å². The molecule has 0 aromatic carbocycles. The first-order chi connectivity index (χ1) is 11.4. The van der Waals surface area contributed by atoms with Crippen LogP contribution in [-0.4, -0.2) is 91.9 Å². The van der Waals surface area contributed by atoms with Crippen LogP contribution in [0.4, 0.5) is 5.95 Å². The minimum absolute atomic E-state index is 0.0258. The molecule has 3 rings (SSSR count). The summed E-state index contributed by atoms with van der Waals surface area (Å²) in [5.41, 5.74) is 1.09. The molecule has 0 aliphatic carbocycles. The van der Waals surface area contributed by atoms with Crippen LogP contribution < -0.4 is 4.90 Å². The van der Waals surface area contributed by atoms with Crippen LogP contribution in [0.5, 0.6) is 0 Å². The van der Waals surface area contributed by atoms with Gasteiger partial charge < -0.3 is 14.7 Å². The predicted octanol–water partition coefficient (Wildman–Crippen LogP) is -0.593. The number of carbonyl (C=O) groups is 1. The van der Waals surface area contributed by atoms with Gasteiger partial charge in [-0.3, -0.25) is 4.79 Å². The van der Waals surface area contributed by atoms with Crippen LogP contribution >= 0.6 is 0 Å². The van der Waals surface area contributed by atoms with Gasteiger partial charge in [-0.1, -0.05) is 0 Å². The number of hydrogen-bond donors (Lipinski definition) is 0. The van der Waals surface area contributed by atoms with Crippen molar-refractivity contribution in [3.8, 4) is 0 Å². The van der Waals surface area contributed by atoms with Gasteiger partial charge in [-0.05, 0) is 14.0 Å². The maximum Gasteiger partial charge on any atom is 0.257 e. The van der Waals surface area contributed by atoms with E-state index in [4.69, 9.17) is 0 Å². The van der Waals surface area contributed by atoms with Crippen molar-refractivity contribution in [1.82, 2.24) is 19.8 Å². The average Bonchev–Trinajstić information content (AvgIpc) is 2.55. The first kappa shape index (κ1) is 17.1. The van der Waals surface area contributed by atoms with Gasteiger partial charge in [0.1, 0.15) is 0 Å². The summed E-state index contributed by atoms with van der Waals surface area (Å²) in [6.07, 6.45) is 1.57. The molecule has 132 valence electrons. The summed E-state index contributed by atoms with van der Waals surface area (Å²) in [7, 11) is -0.916. The second-order valence-corrected chi connectivity index (χ2v) is 8.71. The van der Waals surface area contributed by atoms with Crippen molar-refractivity contribution in [2.75, 3.05) is 62.7 Å². The molecule has 1 aromatic rings. The van der Waals surface area contributed by atoms with E-state index in [0.717, 1.165) is 26.2 Å². The van der Waals surface area contributed by atoms with Crippen LogP contribution in [0.25, 0.3) is 0 Å². The van der Waals surface area contributed by atoms with Gasteiger partial charge >= 0.3 is 0 Å². The Morgan fingerprint density at radius 1 is 1.08 bits per heavy atom. The number of aryl methyl sites for hydroxylation is 1. The summed E-state index contributed by atoms with van der Waals surface area (Å²) in [6.45, 7) is 5.94. The fourth-order valence-corrected chi connectivity index (χ4v) is 4.11. The molecule has 2 fully saturated rings. The van der Waals surface area contributed by atoms with Crippen molar-refractivity contribution in [1.29, 1.82) is 0 Å². The number of sulfone groups is 1. The van der Waals surface area contributed by atoms with Crippen molar-refractivity contribution >= 4 is 21.7 Å². The van der Waals surface area contributed by atoms with Gasteiger partial charge in [0.25, 0.3) is 5.91 Å². The zero-order valence-electron chi connectivity index (χ0n) is 14.1. The Kier molecular flexibility index (Phi) is 4.73. The van der Waals surface area contributed by atoms with Crippen molar-refractivity contribution < 1.29 is 13.2 Å². The monoisotopic (exact) mass is 353 g/mol. The molecule has 0 atom stereocenters. The number of hydrogen-bond acceptors (Lipinski definition) is 7. The van der Waals surface area contributed by atoms with Gasteiger partial charge in [0.05, 0.1) is 22.8 Å². The molecule has 8 nitrogen and oxygen atoms in total. The second-order valence-electron chi connectivity index (χ2n) is 6.40. The summed E-state index contributed by atoms with van der Waals surface area (Å²) >= 11 is 0. The third-order valence-electron chi connectivity index (χ3n) is 4.61. The van der Waals surface area contributed by atoms with Crippen LogP contribution in [-0.2, 0) is 9.84 Å². The molecule has 0 spiro atoms. The molecule has 3 heterocycles. The van der Waals surface area contributed by atoms with Gasteiger partial charge in [-0.2, -0.15) is 0 Å². The number of piperazine rings is 1. The smallest absolute Gasteiger partial charge is 0.257 e. The number of anilines is 1. The van der Waals surface area contributed by atoms with Crippen molar-refractivity contribution in [3.63, 3.8) is 0 Å². The molecule has 0 radical (unpaired) electrons. The highest BCUT2D eigenvalue weighted by Crippen LogP contribution is 2.16. The van der Waals surface area contributed by atoms with Crippen LogP contribution in [0.15, 0.2) is 6.20 Å². The van der Waals surface area contributed by atoms with E-state index in [0.29, 0.717) is 17.2 Å². The largest absolute Gasteiger partial charge is 0.338 e. The number of nitrogens with zero attached hydrogens (tertiary/aromatic N) is 5. The molecule has 1 aromatic heterocycles. The molecule has 0 unspecified atom stereocenters. The molecule has 1 amide bonds. The van der Waals surface area contributed by atoms with E-state index < -0.39 is 9.84 Å². The lowest BCUT2D eigenvalue weighted by atomic mass is 10.2. The summed E-state index contributed by atoms with van der Waals surface area (Å²) in [5, 5.41) is 0. The maximum absolute atomic E-state index is 12.6. The standard InChI is InChI=1S/C15H23N5O3S/c1-12-13(14(21)19-7-9-24(22,23)10-8-19)11-16-15(17-12)20-5-3-18(2)4-6-20/h11H,3-10H2,1-2H3. The summed E-state index contributed by atoms with van der Waals surface area (Å²) < 4.78 is 23.0. The van der Waals surface area contributed by atoms with Gasteiger partial charge in [-0.15, -0.1) is 0 Å². The van der Waals surface area contributed by atoms with E-state index in [2.05, 4.69) is 26.8 Å². The van der Waals surface area contributed by atoms with Gasteiger partial charge in [-0.25, -0.2) is 18.4 Å². The van der Waals surface area contributed by atoms with E-state index in [1.54, 1.807) is 18.0 Å². The number of likely N-dealkylation sites (N-methyl/N-ethyl adjacent to an activating group) is 1. The highest BCUT2D eigenvalue weighted by molar-refractivity contribution is 7.91. The minimum Gasteiger partial charge on any atom is -0.338 e. The minimum atomic E-state index is -3.00. The second kappa shape index (κ2) is 6.64. The summed E-state index contributed by atoms with van der Waals surface area (Å²) in [5.74, 6) is 0.515. The van der Waals surface area contributed by atoms with Gasteiger partial charge in [0.2, 0.25) is 5.95 Å². The molecule has 24 heavy (non-hydrogen) atoms. The van der Waals surface area contributed by atoms with Crippen LogP contribution in [0.2, 0.25) is 0 Å². The molecule has 2 saturated heterocycles. The van der Waals surface area contributed by atoms with Crippen molar-refractivity contribution in [2.24, 2.45) is 0 Å². The predicted molar refractivity (Wildman–Crippen MR) is 91.0 cm³/mol. The molecule has 2 aliphatic heterocycles. The van der Waals surface area contributed by atoms with E-state index in [-0.39, 0.29) is 30.5 Å². The van der Waals surface area contributed by atoms with Gasteiger partial charge in [0.15, 0.2) is 9.84 Å². The van der Waals surface area contributed by atoms with Crippen LogP contribution in [0, 0.1) is 6.92 Å². The van der Waals surface area contributed by atoms with Gasteiger partial charge in [0, 0.05) is 45.5 Å². The Bertz CT molecular complexity index is 715. The van der Waals surface area contributed by atoms with E-state index in [1.165, 1.54) is 0 Å². The third-order valence-corrected chi connectivity index (χ3v) is 6.22. The number of amides is 1. The Morgan fingerprint density at radius 2 is 1.71 bits per heavy atom. The Labute approximate surface area is 142 Å². The number of aromatic nitrogens is 2. The Balaban J connectivity index is 1.72. The number of rotatable bonds is 2. The summed E-state index contributed by atoms with van der Waals surface area (Å²) in [4.78, 5) is 27.4. The molecule has 2 aliphatic rings. The topological polar surface area (TPSA) is 86.7 Å². The zero-order valence-corrected chi connectivity index (χ0v) is 14.9. The van der Waals surface area contributed by atoms with Crippen molar-refractivity contribution in [2.45, 2.75) is 6.92 Å². The molecule has 0 N–H and O–H groups in total. The lowest BCUT2D eigenvalue weighted by molar-refractivity contribution is 0.0768. The normalized spacial score (nSPS) is 21.8. The lowest BCUT2D eigenvalue weighted by Crippen LogP contribution is -2.45. The quantitative estimate of drug-likeness (QED) is 0.702. The fourth-order valence-electron chi connectivity index (χ4n) is 2.91. The van der Waals surface area contributed by atoms with E-state index in [9.17, 15) is 13.2 Å². The molecule has 0 saturated carbocycles. The third kappa shape index (κ3) is 3.67. The van der Waals surface area contributed by atoms with E-state index in [1.807, 2.05) is 0 Å². The molecular weight excluding hydrogens is 330 g/mol. The van der Waals surface area contributed by atoms with Crippen LogP contribution in [0.3, 0.4) is 0 Å². The molecular formula is C15H23N5O3S. The Hall–Kier alpha value is -1.74. The first-order valence-corrected chi connectivity index (χ1v) is 9.95. The SMILES string of the molecule is Cc1nc(N2CCN(C)CC2)ncc1C(=O)N1CCS(=O)(=O)CC1. The highest BCUT2D eigenvalue weighted by Gasteiger charge is 2.27. The van der Waals surface area contributed by atoms with Crippen molar-refractivity contribution in [3.05, 3.63) is 17.5 Å². The Morgan fingerprint density at radius 3 is 2.29 bits per heavy atom. The average molecular weight is 353 g/mol. The first-order valence-electron chi connectivity index (χ1n) is 8.12. The maximum atomic E-state index is 12.6. The fraction of sp³-hybridized carbons (Fsp3) is 0.667. The molecule has 9 heteroatoms. The highest BCUT2D eigenvalue weighted by atomic mass is 32.2. The number of carbonyl (C=O) groups excluding carboxylic acids is 1.